The minimum Gasteiger partial charge on any atom is -0.497 e. The second-order valence-corrected chi connectivity index (χ2v) is 8.69. The molecule has 1 saturated carbocycles. The number of hydrogen-bond donors (Lipinski definition) is 1. The Hall–Kier alpha value is -3.28. The number of nitrogens with zero attached hydrogens (tertiary/aromatic N) is 2. The molecule has 0 aliphatic heterocycles. The van der Waals surface area contributed by atoms with Crippen molar-refractivity contribution >= 4 is 11.6 Å². The molecule has 33 heavy (non-hydrogen) atoms. The molecule has 1 fully saturated rings. The monoisotopic (exact) mass is 447 g/mol. The summed E-state index contributed by atoms with van der Waals surface area (Å²) in [4.78, 5) is 19.0. The Bertz CT molecular complexity index is 1020. The van der Waals surface area contributed by atoms with E-state index in [4.69, 9.17) is 9.15 Å². The molecule has 1 aliphatic rings. The molecule has 6 nitrogen and oxygen atoms in total. The molecule has 1 amide bonds. The summed E-state index contributed by atoms with van der Waals surface area (Å²) in [7, 11) is 3.83. The van der Waals surface area contributed by atoms with Gasteiger partial charge in [-0.05, 0) is 54.8 Å². The topological polar surface area (TPSA) is 67.6 Å². The van der Waals surface area contributed by atoms with Crippen LogP contribution < -0.4 is 15.0 Å². The van der Waals surface area contributed by atoms with Crippen LogP contribution in [0.3, 0.4) is 0 Å². The van der Waals surface area contributed by atoms with Crippen LogP contribution in [0.15, 0.2) is 59.1 Å². The van der Waals surface area contributed by atoms with Crippen LogP contribution in [-0.4, -0.2) is 31.1 Å². The van der Waals surface area contributed by atoms with Crippen molar-refractivity contribution in [3.63, 3.8) is 0 Å². The number of carbonyl (C=O) groups excluding carboxylic acids is 1. The molecule has 0 saturated heterocycles. The van der Waals surface area contributed by atoms with Crippen molar-refractivity contribution in [2.45, 2.75) is 57.5 Å². The van der Waals surface area contributed by atoms with Crippen LogP contribution in [-0.2, 0) is 17.8 Å². The number of carbonyl (C=O) groups is 1. The van der Waals surface area contributed by atoms with Crippen molar-refractivity contribution in [3.8, 4) is 17.1 Å². The number of methoxy groups -OCH3 is 1. The fourth-order valence-corrected chi connectivity index (χ4v) is 4.35. The molecular weight excluding hydrogens is 414 g/mol. The summed E-state index contributed by atoms with van der Waals surface area (Å²) in [6.07, 6.45) is 9.08. The maximum atomic E-state index is 12.3. The first-order chi connectivity index (χ1) is 16.1. The van der Waals surface area contributed by atoms with Crippen LogP contribution in [0.5, 0.6) is 5.75 Å². The van der Waals surface area contributed by atoms with E-state index in [0.29, 0.717) is 37.1 Å². The average Bonchev–Trinajstić information content (AvgIpc) is 3.36. The minimum absolute atomic E-state index is 0.0115. The van der Waals surface area contributed by atoms with Crippen molar-refractivity contribution in [2.24, 2.45) is 0 Å². The number of anilines is 1. The Morgan fingerprint density at radius 2 is 1.82 bits per heavy atom. The Balaban J connectivity index is 1.22. The van der Waals surface area contributed by atoms with Gasteiger partial charge >= 0.3 is 0 Å². The lowest BCUT2D eigenvalue weighted by Gasteiger charge is -2.33. The number of aromatic nitrogens is 1. The summed E-state index contributed by atoms with van der Waals surface area (Å²) < 4.78 is 11.0. The lowest BCUT2D eigenvalue weighted by Crippen LogP contribution is -2.33. The molecule has 174 valence electrons. The summed E-state index contributed by atoms with van der Waals surface area (Å²) in [6.45, 7) is 0.523. The van der Waals surface area contributed by atoms with Gasteiger partial charge in [-0.2, -0.15) is 0 Å². The molecule has 4 rings (SSSR count). The standard InChI is InChI=1S/C27H33N3O3/c1-30(22-6-4-3-5-7-22)23-12-8-20(9-13-23)18-28-26(31)16-17-27-29-19-25(33-27)21-10-14-24(32-2)15-11-21/h8-15,19,22H,3-7,16-18H2,1-2H3,(H,28,31). The minimum atomic E-state index is -0.0115. The summed E-state index contributed by atoms with van der Waals surface area (Å²) >= 11 is 0. The van der Waals surface area contributed by atoms with Gasteiger partial charge in [0.05, 0.1) is 13.3 Å². The van der Waals surface area contributed by atoms with Crippen molar-refractivity contribution < 1.29 is 13.9 Å². The van der Waals surface area contributed by atoms with Crippen LogP contribution in [0.1, 0.15) is 50.0 Å². The average molecular weight is 448 g/mol. The van der Waals surface area contributed by atoms with Crippen LogP contribution in [0.25, 0.3) is 11.3 Å². The second kappa shape index (κ2) is 11.0. The van der Waals surface area contributed by atoms with E-state index >= 15 is 0 Å². The molecule has 2 aromatic carbocycles. The Kier molecular flexibility index (Phi) is 7.66. The van der Waals surface area contributed by atoms with Gasteiger partial charge in [0.25, 0.3) is 0 Å². The first-order valence-electron chi connectivity index (χ1n) is 11.8. The fourth-order valence-electron chi connectivity index (χ4n) is 4.35. The predicted molar refractivity (Wildman–Crippen MR) is 130 cm³/mol. The molecule has 0 radical (unpaired) electrons. The Morgan fingerprint density at radius 1 is 1.09 bits per heavy atom. The van der Waals surface area contributed by atoms with E-state index < -0.39 is 0 Å². The maximum Gasteiger partial charge on any atom is 0.220 e. The number of oxazole rings is 1. The van der Waals surface area contributed by atoms with Gasteiger partial charge in [0.2, 0.25) is 5.91 Å². The van der Waals surface area contributed by atoms with Gasteiger partial charge in [-0.1, -0.05) is 31.4 Å². The van der Waals surface area contributed by atoms with Crippen LogP contribution in [0, 0.1) is 0 Å². The van der Waals surface area contributed by atoms with Gasteiger partial charge < -0.3 is 19.4 Å². The predicted octanol–water partition coefficient (Wildman–Crippen LogP) is 5.37. The highest BCUT2D eigenvalue weighted by Gasteiger charge is 2.18. The van der Waals surface area contributed by atoms with Gasteiger partial charge in [-0.15, -0.1) is 0 Å². The number of hydrogen-bond acceptors (Lipinski definition) is 5. The molecule has 1 N–H and O–H groups in total. The van der Waals surface area contributed by atoms with Gasteiger partial charge in [0, 0.05) is 43.7 Å². The quantitative estimate of drug-likeness (QED) is 0.478. The van der Waals surface area contributed by atoms with E-state index in [1.54, 1.807) is 13.3 Å². The molecule has 3 aromatic rings. The lowest BCUT2D eigenvalue weighted by atomic mass is 9.94. The largest absolute Gasteiger partial charge is 0.497 e. The third-order valence-corrected chi connectivity index (χ3v) is 6.45. The van der Waals surface area contributed by atoms with E-state index in [0.717, 1.165) is 16.9 Å². The van der Waals surface area contributed by atoms with Crippen LogP contribution >= 0.6 is 0 Å². The first-order valence-corrected chi connectivity index (χ1v) is 11.8. The van der Waals surface area contributed by atoms with Crippen LogP contribution in [0.4, 0.5) is 5.69 Å². The first kappa shape index (κ1) is 22.9. The summed E-state index contributed by atoms with van der Waals surface area (Å²) in [5.74, 6) is 2.03. The molecule has 1 aromatic heterocycles. The number of rotatable bonds is 9. The Morgan fingerprint density at radius 3 is 2.52 bits per heavy atom. The van der Waals surface area contributed by atoms with Gasteiger partial charge in [0.15, 0.2) is 11.7 Å². The number of ether oxygens (including phenoxy) is 1. The van der Waals surface area contributed by atoms with E-state index in [1.165, 1.54) is 37.8 Å². The normalized spacial score (nSPS) is 14.1. The SMILES string of the molecule is COc1ccc(-c2cnc(CCC(=O)NCc3ccc(N(C)C4CCCCC4)cc3)o2)cc1. The molecule has 0 bridgehead atoms. The van der Waals surface area contributed by atoms with Crippen LogP contribution in [0.2, 0.25) is 0 Å². The lowest BCUT2D eigenvalue weighted by molar-refractivity contribution is -0.121. The Labute approximate surface area is 196 Å². The zero-order valence-electron chi connectivity index (χ0n) is 19.5. The van der Waals surface area contributed by atoms with Crippen molar-refractivity contribution in [2.75, 3.05) is 19.1 Å². The highest BCUT2D eigenvalue weighted by atomic mass is 16.5. The summed E-state index contributed by atoms with van der Waals surface area (Å²) in [5.41, 5.74) is 3.27. The molecule has 0 spiro atoms. The number of aryl methyl sites for hydroxylation is 1. The third-order valence-electron chi connectivity index (χ3n) is 6.45. The smallest absolute Gasteiger partial charge is 0.220 e. The second-order valence-electron chi connectivity index (χ2n) is 8.69. The molecule has 0 unspecified atom stereocenters. The van der Waals surface area contributed by atoms with Gasteiger partial charge in [-0.3, -0.25) is 4.79 Å². The molecule has 6 heteroatoms. The van der Waals surface area contributed by atoms with E-state index in [9.17, 15) is 4.79 Å². The zero-order chi connectivity index (χ0) is 23.0. The third kappa shape index (κ3) is 6.15. The number of nitrogens with one attached hydrogen (secondary N) is 1. The van der Waals surface area contributed by atoms with Crippen molar-refractivity contribution in [3.05, 3.63) is 66.2 Å². The fraction of sp³-hybridized carbons (Fsp3) is 0.407. The van der Waals surface area contributed by atoms with E-state index in [1.807, 2.05) is 24.3 Å². The number of benzene rings is 2. The van der Waals surface area contributed by atoms with E-state index in [2.05, 4.69) is 46.5 Å². The highest BCUT2D eigenvalue weighted by molar-refractivity contribution is 5.76. The highest BCUT2D eigenvalue weighted by Crippen LogP contribution is 2.26. The number of amides is 1. The molecule has 1 heterocycles. The summed E-state index contributed by atoms with van der Waals surface area (Å²) in [5, 5.41) is 3.00. The zero-order valence-corrected chi connectivity index (χ0v) is 19.5. The summed E-state index contributed by atoms with van der Waals surface area (Å²) in [6, 6.07) is 16.8. The molecule has 0 atom stereocenters. The molecule has 1 aliphatic carbocycles. The van der Waals surface area contributed by atoms with Crippen molar-refractivity contribution in [1.29, 1.82) is 0 Å². The maximum absolute atomic E-state index is 12.3. The van der Waals surface area contributed by atoms with E-state index in [-0.39, 0.29) is 5.91 Å². The van der Waals surface area contributed by atoms with Gasteiger partial charge in [-0.25, -0.2) is 4.98 Å². The molecular formula is C27H33N3O3. The van der Waals surface area contributed by atoms with Gasteiger partial charge in [0.1, 0.15) is 5.75 Å². The van der Waals surface area contributed by atoms with Crippen molar-refractivity contribution in [1.82, 2.24) is 10.3 Å².